The number of fused-ring (bicyclic) bond motifs is 1. The van der Waals surface area contributed by atoms with Gasteiger partial charge in [-0.1, -0.05) is 41.6 Å². The summed E-state index contributed by atoms with van der Waals surface area (Å²) in [5.74, 6) is 0.728. The highest BCUT2D eigenvalue weighted by Gasteiger charge is 2.40. The molecule has 1 fully saturated rings. The van der Waals surface area contributed by atoms with Crippen LogP contribution >= 0.6 is 23.5 Å². The van der Waals surface area contributed by atoms with Gasteiger partial charge < -0.3 is 9.64 Å². The third kappa shape index (κ3) is 4.03. The SMILES string of the molecule is COc1ccc2c(c1)N(C)/C(=C1/SC(=Nc3ccc(C)cc3)N(c3cccc(C)c3)C1=O)S2. The second kappa shape index (κ2) is 8.65. The van der Waals surface area contributed by atoms with E-state index in [1.54, 1.807) is 23.8 Å². The van der Waals surface area contributed by atoms with Crippen molar-refractivity contribution in [2.75, 3.05) is 24.0 Å². The maximum absolute atomic E-state index is 13.8. The van der Waals surface area contributed by atoms with E-state index in [2.05, 4.69) is 4.90 Å². The van der Waals surface area contributed by atoms with Crippen LogP contribution in [0.4, 0.5) is 17.1 Å². The van der Waals surface area contributed by atoms with E-state index >= 15 is 0 Å². The normalized spacial score (nSPS) is 18.9. The molecule has 1 saturated heterocycles. The van der Waals surface area contributed by atoms with Gasteiger partial charge in [0.05, 0.1) is 29.2 Å². The average molecular weight is 474 g/mol. The molecule has 0 N–H and O–H groups in total. The third-order valence-electron chi connectivity index (χ3n) is 5.53. The zero-order valence-electron chi connectivity index (χ0n) is 18.8. The van der Waals surface area contributed by atoms with Gasteiger partial charge in [-0.2, -0.15) is 0 Å². The van der Waals surface area contributed by atoms with Gasteiger partial charge in [-0.25, -0.2) is 4.99 Å². The van der Waals surface area contributed by atoms with E-state index in [-0.39, 0.29) is 5.91 Å². The standard InChI is InChI=1S/C26H23N3O2S2/c1-16-8-10-18(11-9-16)27-26-29(19-7-5-6-17(2)14-19)24(30)23(33-26)25-28(3)21-15-20(31-4)12-13-22(21)32-25/h5-15H,1-4H3/b25-23-,27-26?. The minimum absolute atomic E-state index is 0.0643. The van der Waals surface area contributed by atoms with Gasteiger partial charge in [0.1, 0.15) is 10.7 Å². The first-order valence-electron chi connectivity index (χ1n) is 10.5. The topological polar surface area (TPSA) is 45.1 Å². The van der Waals surface area contributed by atoms with E-state index < -0.39 is 0 Å². The number of amides is 1. The number of hydrogen-bond donors (Lipinski definition) is 0. The predicted octanol–water partition coefficient (Wildman–Crippen LogP) is 6.49. The first-order valence-corrected chi connectivity index (χ1v) is 12.2. The fraction of sp³-hybridized carbons (Fsp3) is 0.154. The molecule has 2 aliphatic heterocycles. The molecule has 0 aliphatic carbocycles. The molecule has 1 amide bonds. The van der Waals surface area contributed by atoms with Crippen molar-refractivity contribution < 1.29 is 9.53 Å². The summed E-state index contributed by atoms with van der Waals surface area (Å²) in [7, 11) is 3.65. The predicted molar refractivity (Wildman–Crippen MR) is 139 cm³/mol. The minimum atomic E-state index is -0.0643. The number of benzene rings is 3. The Hall–Kier alpha value is -3.16. The van der Waals surface area contributed by atoms with E-state index in [9.17, 15) is 4.79 Å². The molecule has 2 heterocycles. The van der Waals surface area contributed by atoms with Gasteiger partial charge in [0, 0.05) is 18.0 Å². The highest BCUT2D eigenvalue weighted by atomic mass is 32.2. The Kier molecular flexibility index (Phi) is 5.68. The molecule has 0 radical (unpaired) electrons. The lowest BCUT2D eigenvalue weighted by molar-refractivity contribution is -0.113. The fourth-order valence-corrected chi connectivity index (χ4v) is 6.08. The lowest BCUT2D eigenvalue weighted by Gasteiger charge is -2.17. The summed E-state index contributed by atoms with van der Waals surface area (Å²) in [6, 6.07) is 22.0. The zero-order chi connectivity index (χ0) is 23.1. The van der Waals surface area contributed by atoms with Crippen molar-refractivity contribution in [2.45, 2.75) is 18.7 Å². The number of hydrogen-bond acceptors (Lipinski definition) is 6. The van der Waals surface area contributed by atoms with Gasteiger partial charge in [0.15, 0.2) is 5.17 Å². The van der Waals surface area contributed by atoms with Gasteiger partial charge in [0.2, 0.25) is 0 Å². The first kappa shape index (κ1) is 21.7. The van der Waals surface area contributed by atoms with Gasteiger partial charge in [-0.05, 0) is 67.6 Å². The molecular weight excluding hydrogens is 450 g/mol. The number of amidine groups is 1. The molecule has 3 aromatic carbocycles. The number of carbonyl (C=O) groups is 1. The number of thioether (sulfide) groups is 2. The Morgan fingerprint density at radius 1 is 0.909 bits per heavy atom. The molecule has 3 aromatic rings. The summed E-state index contributed by atoms with van der Waals surface area (Å²) in [5, 5.41) is 1.56. The Morgan fingerprint density at radius 2 is 1.70 bits per heavy atom. The molecule has 7 heteroatoms. The van der Waals surface area contributed by atoms with Gasteiger partial charge in [-0.3, -0.25) is 9.69 Å². The first-order chi connectivity index (χ1) is 15.9. The van der Waals surface area contributed by atoms with Crippen molar-refractivity contribution in [1.82, 2.24) is 0 Å². The minimum Gasteiger partial charge on any atom is -0.497 e. The molecule has 0 spiro atoms. The van der Waals surface area contributed by atoms with Crippen LogP contribution < -0.4 is 14.5 Å². The molecule has 0 atom stereocenters. The third-order valence-corrected chi connectivity index (χ3v) is 7.93. The van der Waals surface area contributed by atoms with Crippen LogP contribution in [-0.2, 0) is 4.79 Å². The number of nitrogens with zero attached hydrogens (tertiary/aromatic N) is 3. The van der Waals surface area contributed by atoms with Crippen molar-refractivity contribution >= 4 is 51.7 Å². The highest BCUT2D eigenvalue weighted by Crippen LogP contribution is 2.51. The monoisotopic (exact) mass is 473 g/mol. The fourth-order valence-electron chi connectivity index (χ4n) is 3.75. The summed E-state index contributed by atoms with van der Waals surface area (Å²) >= 11 is 3.02. The average Bonchev–Trinajstić information content (AvgIpc) is 3.31. The van der Waals surface area contributed by atoms with Crippen LogP contribution in [0.2, 0.25) is 0 Å². The van der Waals surface area contributed by atoms with Gasteiger partial charge >= 0.3 is 0 Å². The second-order valence-corrected chi connectivity index (χ2v) is 9.95. The van der Waals surface area contributed by atoms with E-state index in [0.717, 1.165) is 38.3 Å². The lowest BCUT2D eigenvalue weighted by atomic mass is 10.2. The number of aliphatic imine (C=N–C) groups is 1. The molecule has 2 aliphatic rings. The van der Waals surface area contributed by atoms with Crippen LogP contribution in [-0.4, -0.2) is 25.2 Å². The van der Waals surface area contributed by atoms with E-state index in [1.807, 2.05) is 87.6 Å². The molecule has 0 bridgehead atoms. The summed E-state index contributed by atoms with van der Waals surface area (Å²) < 4.78 is 5.40. The number of carbonyl (C=O) groups excluding carboxylic acids is 1. The number of ether oxygens (including phenoxy) is 1. The summed E-state index contributed by atoms with van der Waals surface area (Å²) in [6.45, 7) is 4.07. The number of methoxy groups -OCH3 is 1. The van der Waals surface area contributed by atoms with E-state index in [0.29, 0.717) is 10.1 Å². The maximum atomic E-state index is 13.8. The molecule has 166 valence electrons. The van der Waals surface area contributed by atoms with Crippen molar-refractivity contribution in [3.63, 3.8) is 0 Å². The number of rotatable bonds is 3. The molecule has 0 aromatic heterocycles. The van der Waals surface area contributed by atoms with Crippen LogP contribution in [0.3, 0.4) is 0 Å². The van der Waals surface area contributed by atoms with Crippen molar-refractivity contribution in [3.05, 3.63) is 87.8 Å². The molecule has 0 saturated carbocycles. The molecule has 5 nitrogen and oxygen atoms in total. The Morgan fingerprint density at radius 3 is 2.42 bits per heavy atom. The van der Waals surface area contributed by atoms with Crippen molar-refractivity contribution in [3.8, 4) is 5.75 Å². The molecule has 5 rings (SSSR count). The quantitative estimate of drug-likeness (QED) is 0.407. The number of anilines is 2. The van der Waals surface area contributed by atoms with E-state index in [1.165, 1.54) is 17.3 Å². The number of aryl methyl sites for hydroxylation is 2. The van der Waals surface area contributed by atoms with Crippen LogP contribution in [0.5, 0.6) is 5.75 Å². The Bertz CT molecular complexity index is 1320. The summed E-state index contributed by atoms with van der Waals surface area (Å²) in [6.07, 6.45) is 0. The second-order valence-electron chi connectivity index (χ2n) is 7.94. The Balaban J connectivity index is 1.60. The lowest BCUT2D eigenvalue weighted by Crippen LogP contribution is -2.29. The van der Waals surface area contributed by atoms with E-state index in [4.69, 9.17) is 9.73 Å². The van der Waals surface area contributed by atoms with Gasteiger partial charge in [0.25, 0.3) is 5.91 Å². The van der Waals surface area contributed by atoms with Crippen molar-refractivity contribution in [1.29, 1.82) is 0 Å². The summed E-state index contributed by atoms with van der Waals surface area (Å²) in [5.41, 5.74) is 4.93. The smallest absolute Gasteiger partial charge is 0.274 e. The molecule has 0 unspecified atom stereocenters. The zero-order valence-corrected chi connectivity index (χ0v) is 20.5. The van der Waals surface area contributed by atoms with Crippen LogP contribution in [0.1, 0.15) is 11.1 Å². The summed E-state index contributed by atoms with van der Waals surface area (Å²) in [4.78, 5) is 24.2. The molecule has 33 heavy (non-hydrogen) atoms. The van der Waals surface area contributed by atoms with Crippen LogP contribution in [0, 0.1) is 13.8 Å². The van der Waals surface area contributed by atoms with Crippen molar-refractivity contribution in [2.24, 2.45) is 4.99 Å². The molecular formula is C26H23N3O2S2. The largest absolute Gasteiger partial charge is 0.497 e. The Labute approximate surface area is 202 Å². The van der Waals surface area contributed by atoms with Gasteiger partial charge in [-0.15, -0.1) is 0 Å². The highest BCUT2D eigenvalue weighted by molar-refractivity contribution is 8.20. The van der Waals surface area contributed by atoms with Crippen LogP contribution in [0.15, 0.2) is 86.6 Å². The maximum Gasteiger partial charge on any atom is 0.274 e. The van der Waals surface area contributed by atoms with Crippen LogP contribution in [0.25, 0.3) is 0 Å².